The largest absolute Gasteiger partial charge is 0.328 e. The number of fused-ring (bicyclic) bond motifs is 1. The number of nitrogens with zero attached hydrogens (tertiary/aromatic N) is 1. The Morgan fingerprint density at radius 3 is 3.20 bits per heavy atom. The van der Waals surface area contributed by atoms with E-state index in [0.717, 1.165) is 17.8 Å². The minimum absolute atomic E-state index is 0.669. The average molecular weight is 171 g/mol. The predicted molar refractivity (Wildman–Crippen MR) is 48.8 cm³/mol. The van der Waals surface area contributed by atoms with E-state index in [1.54, 1.807) is 0 Å². The van der Waals surface area contributed by atoms with Crippen LogP contribution in [-0.2, 0) is 0 Å². The number of hydrogen-bond donors (Lipinski definition) is 0. The van der Waals surface area contributed by atoms with Gasteiger partial charge >= 0.3 is 0 Å². The van der Waals surface area contributed by atoms with Crippen molar-refractivity contribution in [3.8, 4) is 0 Å². The topological polar surface area (TPSA) is 3.24 Å². The smallest absolute Gasteiger partial charge is 0.0905 e. The Balaban J connectivity index is 2.12. The average Bonchev–Trinajstić information content (AvgIpc) is 2.26. The molecule has 0 amide bonds. The Morgan fingerprint density at radius 1 is 1.90 bits per heavy atom. The molecule has 54 valence electrons. The van der Waals surface area contributed by atoms with Crippen molar-refractivity contribution in [3.63, 3.8) is 0 Å². The monoisotopic (exact) mass is 171 g/mol. The molecule has 2 aliphatic rings. The maximum Gasteiger partial charge on any atom is 0.0905 e. The predicted octanol–water partition coefficient (Wildman–Crippen LogP) is 2.34. The third kappa shape index (κ3) is 0.805. The molecule has 0 aliphatic carbocycles. The molecule has 0 bridgehead atoms. The molecule has 1 atom stereocenters. The summed E-state index contributed by atoms with van der Waals surface area (Å²) >= 11 is 7.05. The van der Waals surface area contributed by atoms with E-state index in [1.807, 2.05) is 11.8 Å². The van der Waals surface area contributed by atoms with Crippen LogP contribution in [0.15, 0.2) is 11.1 Å². The Hall–Kier alpha value is -0.0200. The molecule has 0 aromatic carbocycles. The summed E-state index contributed by atoms with van der Waals surface area (Å²) in [6.45, 7) is 2.19. The van der Waals surface area contributed by atoms with Gasteiger partial charge in [-0.3, -0.25) is 0 Å². The molecule has 1 fully saturated rings. The van der Waals surface area contributed by atoms with Gasteiger partial charge in [-0.1, -0.05) is 19.1 Å². The number of thioether (sulfide) groups is 1. The standard InChI is InChI=1S/C7H9NS2/c1-2-5-4-8-6(9)3-7(8)10-5/h4,7H,2-3H2,1H3/t7-/m0/s1. The summed E-state index contributed by atoms with van der Waals surface area (Å²) in [6.07, 6.45) is 4.46. The van der Waals surface area contributed by atoms with Gasteiger partial charge in [-0.05, 0) is 6.42 Å². The van der Waals surface area contributed by atoms with E-state index < -0.39 is 0 Å². The second kappa shape index (κ2) is 2.24. The lowest BCUT2D eigenvalue weighted by Gasteiger charge is -2.35. The normalized spacial score (nSPS) is 29.7. The lowest BCUT2D eigenvalue weighted by Crippen LogP contribution is -2.43. The van der Waals surface area contributed by atoms with Gasteiger partial charge in [0.15, 0.2) is 0 Å². The van der Waals surface area contributed by atoms with Gasteiger partial charge in [0, 0.05) is 17.5 Å². The third-order valence-electron chi connectivity index (χ3n) is 1.87. The van der Waals surface area contributed by atoms with E-state index in [0.29, 0.717) is 5.37 Å². The van der Waals surface area contributed by atoms with Crippen LogP contribution in [0, 0.1) is 0 Å². The Morgan fingerprint density at radius 2 is 2.70 bits per heavy atom. The molecule has 1 nitrogen and oxygen atoms in total. The first kappa shape index (κ1) is 6.68. The molecule has 0 N–H and O–H groups in total. The second-order valence-corrected chi connectivity index (χ2v) is 4.30. The van der Waals surface area contributed by atoms with Gasteiger partial charge in [-0.2, -0.15) is 0 Å². The van der Waals surface area contributed by atoms with Crippen LogP contribution in [-0.4, -0.2) is 15.3 Å². The summed E-state index contributed by atoms with van der Waals surface area (Å²) in [5.41, 5.74) is 0. The van der Waals surface area contributed by atoms with Gasteiger partial charge in [0.1, 0.15) is 0 Å². The highest BCUT2D eigenvalue weighted by atomic mass is 32.2. The first-order chi connectivity index (χ1) is 4.81. The van der Waals surface area contributed by atoms with Crippen molar-refractivity contribution < 1.29 is 0 Å². The zero-order chi connectivity index (χ0) is 7.14. The molecular weight excluding hydrogens is 162 g/mol. The highest BCUT2D eigenvalue weighted by Crippen LogP contribution is 2.42. The molecule has 1 saturated heterocycles. The van der Waals surface area contributed by atoms with Crippen LogP contribution in [0.1, 0.15) is 19.8 Å². The second-order valence-electron chi connectivity index (χ2n) is 2.53. The highest BCUT2D eigenvalue weighted by molar-refractivity contribution is 8.04. The van der Waals surface area contributed by atoms with E-state index in [-0.39, 0.29) is 0 Å². The number of hydrogen-bond acceptors (Lipinski definition) is 2. The Bertz CT molecular complexity index is 210. The van der Waals surface area contributed by atoms with Crippen molar-refractivity contribution in [1.29, 1.82) is 0 Å². The van der Waals surface area contributed by atoms with Crippen LogP contribution in [0.5, 0.6) is 0 Å². The number of thiocarbonyl (C=S) groups is 1. The fraction of sp³-hybridized carbons (Fsp3) is 0.571. The first-order valence-corrected chi connectivity index (χ1v) is 4.78. The Kier molecular flexibility index (Phi) is 1.49. The lowest BCUT2D eigenvalue weighted by molar-refractivity contribution is 0.459. The van der Waals surface area contributed by atoms with Crippen LogP contribution in [0.25, 0.3) is 0 Å². The van der Waals surface area contributed by atoms with Crippen molar-refractivity contribution in [1.82, 2.24) is 4.90 Å². The van der Waals surface area contributed by atoms with Crippen molar-refractivity contribution in [3.05, 3.63) is 11.1 Å². The van der Waals surface area contributed by atoms with Crippen LogP contribution in [0.3, 0.4) is 0 Å². The van der Waals surface area contributed by atoms with Gasteiger partial charge in [0.05, 0.1) is 10.4 Å². The minimum atomic E-state index is 0.669. The summed E-state index contributed by atoms with van der Waals surface area (Å²) in [5.74, 6) is 0. The molecule has 0 aromatic rings. The summed E-state index contributed by atoms with van der Waals surface area (Å²) in [7, 11) is 0. The van der Waals surface area contributed by atoms with Crippen LogP contribution < -0.4 is 0 Å². The summed E-state index contributed by atoms with van der Waals surface area (Å²) in [5, 5.41) is 0.669. The van der Waals surface area contributed by atoms with Crippen molar-refractivity contribution >= 4 is 29.0 Å². The van der Waals surface area contributed by atoms with Crippen LogP contribution >= 0.6 is 24.0 Å². The summed E-state index contributed by atoms with van der Waals surface area (Å²) < 4.78 is 0. The molecule has 0 saturated carbocycles. The maximum atomic E-state index is 5.09. The molecule has 0 radical (unpaired) electrons. The van der Waals surface area contributed by atoms with E-state index >= 15 is 0 Å². The molecule has 2 heterocycles. The van der Waals surface area contributed by atoms with Gasteiger partial charge in [0.2, 0.25) is 0 Å². The SMILES string of the molecule is CCC1=CN2C(=S)C[C@@H]2S1. The van der Waals surface area contributed by atoms with Crippen molar-refractivity contribution in [2.75, 3.05) is 0 Å². The van der Waals surface area contributed by atoms with E-state index in [9.17, 15) is 0 Å². The summed E-state index contributed by atoms with van der Waals surface area (Å²) in [6, 6.07) is 0. The zero-order valence-corrected chi connectivity index (χ0v) is 7.47. The van der Waals surface area contributed by atoms with Crippen molar-refractivity contribution in [2.45, 2.75) is 25.1 Å². The van der Waals surface area contributed by atoms with Crippen LogP contribution in [0.4, 0.5) is 0 Å². The lowest BCUT2D eigenvalue weighted by atomic mass is 10.2. The van der Waals surface area contributed by atoms with Gasteiger partial charge in [0.25, 0.3) is 0 Å². The van der Waals surface area contributed by atoms with E-state index in [4.69, 9.17) is 12.2 Å². The first-order valence-electron chi connectivity index (χ1n) is 3.50. The molecule has 2 rings (SSSR count). The van der Waals surface area contributed by atoms with Gasteiger partial charge in [-0.15, -0.1) is 11.8 Å². The minimum Gasteiger partial charge on any atom is -0.328 e. The fourth-order valence-electron chi connectivity index (χ4n) is 1.19. The van der Waals surface area contributed by atoms with Gasteiger partial charge in [-0.25, -0.2) is 0 Å². The molecule has 0 spiro atoms. The summed E-state index contributed by atoms with van der Waals surface area (Å²) in [4.78, 5) is 4.80. The highest BCUT2D eigenvalue weighted by Gasteiger charge is 2.36. The van der Waals surface area contributed by atoms with Gasteiger partial charge < -0.3 is 4.90 Å². The molecule has 3 heteroatoms. The number of allylic oxidation sites excluding steroid dienone is 1. The number of rotatable bonds is 1. The zero-order valence-electron chi connectivity index (χ0n) is 5.83. The van der Waals surface area contributed by atoms with E-state index in [2.05, 4.69) is 18.0 Å². The van der Waals surface area contributed by atoms with E-state index in [1.165, 1.54) is 4.91 Å². The molecule has 0 aromatic heterocycles. The quantitative estimate of drug-likeness (QED) is 0.557. The molecule has 10 heavy (non-hydrogen) atoms. The molecule has 0 unspecified atom stereocenters. The molecular formula is C7H9NS2. The maximum absolute atomic E-state index is 5.09. The molecule has 2 aliphatic heterocycles. The van der Waals surface area contributed by atoms with Crippen LogP contribution in [0.2, 0.25) is 0 Å². The van der Waals surface area contributed by atoms with Crippen molar-refractivity contribution in [2.24, 2.45) is 0 Å². The third-order valence-corrected chi connectivity index (χ3v) is 3.61. The fourth-order valence-corrected chi connectivity index (χ4v) is 2.93. The Labute approximate surface area is 70.5 Å².